The van der Waals surface area contributed by atoms with Crippen LogP contribution in [0.2, 0.25) is 0 Å². The largest absolute Gasteiger partial charge is 0.357 e. The lowest BCUT2D eigenvalue weighted by molar-refractivity contribution is 0.600. The first-order valence-corrected chi connectivity index (χ1v) is 11.7. The maximum Gasteiger partial charge on any atom is 0.193 e. The lowest BCUT2D eigenvalue weighted by Crippen LogP contribution is -2.36. The zero-order valence-electron chi connectivity index (χ0n) is 15.6. The van der Waals surface area contributed by atoms with Crippen molar-refractivity contribution in [1.29, 1.82) is 0 Å². The van der Waals surface area contributed by atoms with Crippen LogP contribution in [0.15, 0.2) is 41.0 Å². The molecule has 1 aromatic carbocycles. The van der Waals surface area contributed by atoms with E-state index in [4.69, 9.17) is 0 Å². The van der Waals surface area contributed by atoms with Gasteiger partial charge in [-0.3, -0.25) is 4.40 Å². The highest BCUT2D eigenvalue weighted by Crippen LogP contribution is 2.16. The molecule has 3 aromatic rings. The molecule has 2 heterocycles. The van der Waals surface area contributed by atoms with Crippen molar-refractivity contribution in [3.05, 3.63) is 58.6 Å². The standard InChI is InChI=1S/C18H22FN5O2S2/c1-3-20-17(22-10-16-11-24-6-7-27-18(24)23-16)21-9-14-8-15(19)5-4-13(14)12-28(2,25)26/h4-8,11H,3,9-10,12H2,1-2H3,(H2,20,21,22). The number of guanidine groups is 1. The van der Waals surface area contributed by atoms with E-state index in [0.29, 0.717) is 30.2 Å². The molecule has 0 saturated heterocycles. The second kappa shape index (κ2) is 8.70. The number of hydrogen-bond acceptors (Lipinski definition) is 5. The second-order valence-electron chi connectivity index (χ2n) is 6.36. The Kier molecular flexibility index (Phi) is 6.30. The van der Waals surface area contributed by atoms with E-state index >= 15 is 0 Å². The average molecular weight is 424 g/mol. The van der Waals surface area contributed by atoms with Gasteiger partial charge in [0.15, 0.2) is 20.8 Å². The molecule has 0 radical (unpaired) electrons. The number of aliphatic imine (C=N–C) groups is 1. The van der Waals surface area contributed by atoms with Gasteiger partial charge in [0, 0.05) is 30.6 Å². The van der Waals surface area contributed by atoms with Gasteiger partial charge in [-0.05, 0) is 30.2 Å². The Labute approximate surface area is 167 Å². The van der Waals surface area contributed by atoms with Gasteiger partial charge in [-0.15, -0.1) is 11.3 Å². The molecule has 0 spiro atoms. The molecule has 0 amide bonds. The topological polar surface area (TPSA) is 87.9 Å². The molecule has 0 aliphatic rings. The van der Waals surface area contributed by atoms with E-state index in [1.165, 1.54) is 18.2 Å². The summed E-state index contributed by atoms with van der Waals surface area (Å²) in [7, 11) is -3.23. The first kappa shape index (κ1) is 20.3. The van der Waals surface area contributed by atoms with E-state index in [0.717, 1.165) is 16.9 Å². The summed E-state index contributed by atoms with van der Waals surface area (Å²) in [4.78, 5) is 9.90. The average Bonchev–Trinajstić information content (AvgIpc) is 3.20. The van der Waals surface area contributed by atoms with E-state index in [-0.39, 0.29) is 12.3 Å². The Hall–Kier alpha value is -2.46. The zero-order valence-corrected chi connectivity index (χ0v) is 17.3. The van der Waals surface area contributed by atoms with Gasteiger partial charge in [-0.1, -0.05) is 6.07 Å². The van der Waals surface area contributed by atoms with Crippen molar-refractivity contribution in [2.24, 2.45) is 4.99 Å². The summed E-state index contributed by atoms with van der Waals surface area (Å²) in [6.45, 7) is 3.25. The van der Waals surface area contributed by atoms with Crippen LogP contribution in [0, 0.1) is 5.82 Å². The van der Waals surface area contributed by atoms with E-state index in [1.54, 1.807) is 11.3 Å². The van der Waals surface area contributed by atoms with Crippen molar-refractivity contribution >= 4 is 32.1 Å². The summed E-state index contributed by atoms with van der Waals surface area (Å²) in [5, 5.41) is 8.29. The van der Waals surface area contributed by atoms with Crippen molar-refractivity contribution < 1.29 is 12.8 Å². The minimum atomic E-state index is -3.23. The fraction of sp³-hybridized carbons (Fsp3) is 0.333. The molecule has 3 rings (SSSR count). The highest BCUT2D eigenvalue weighted by molar-refractivity contribution is 7.89. The third-order valence-corrected chi connectivity index (χ3v) is 5.52. The van der Waals surface area contributed by atoms with E-state index < -0.39 is 15.7 Å². The number of nitrogens with one attached hydrogen (secondary N) is 2. The number of nitrogens with zero attached hydrogens (tertiary/aromatic N) is 3. The van der Waals surface area contributed by atoms with Crippen LogP contribution in [-0.4, -0.2) is 36.6 Å². The number of hydrogen-bond donors (Lipinski definition) is 2. The Morgan fingerprint density at radius 1 is 1.32 bits per heavy atom. The number of rotatable bonds is 7. The molecule has 0 aliphatic heterocycles. The molecular weight excluding hydrogens is 401 g/mol. The Morgan fingerprint density at radius 2 is 2.14 bits per heavy atom. The fourth-order valence-corrected chi connectivity index (χ4v) is 4.27. The summed E-state index contributed by atoms with van der Waals surface area (Å²) in [5.74, 6) is -0.0139. The Morgan fingerprint density at radius 3 is 2.86 bits per heavy atom. The molecule has 0 fully saturated rings. The molecule has 2 N–H and O–H groups in total. The van der Waals surface area contributed by atoms with Gasteiger partial charge in [-0.2, -0.15) is 0 Å². The minimum Gasteiger partial charge on any atom is -0.357 e. The van der Waals surface area contributed by atoms with E-state index in [2.05, 4.69) is 20.6 Å². The van der Waals surface area contributed by atoms with Gasteiger partial charge in [0.2, 0.25) is 0 Å². The molecule has 0 atom stereocenters. The number of imidazole rings is 1. The maximum atomic E-state index is 13.7. The molecule has 10 heteroatoms. The molecule has 28 heavy (non-hydrogen) atoms. The van der Waals surface area contributed by atoms with Crippen molar-refractivity contribution in [1.82, 2.24) is 20.0 Å². The third-order valence-electron chi connectivity index (χ3n) is 3.92. The first-order chi connectivity index (χ1) is 13.3. The molecule has 150 valence electrons. The van der Waals surface area contributed by atoms with Gasteiger partial charge < -0.3 is 10.6 Å². The molecule has 0 saturated carbocycles. The predicted octanol–water partition coefficient (Wildman–Crippen LogP) is 2.33. The first-order valence-electron chi connectivity index (χ1n) is 8.72. The summed E-state index contributed by atoms with van der Waals surface area (Å²) in [6.07, 6.45) is 5.05. The minimum absolute atomic E-state index is 0.145. The molecular formula is C18H22FN5O2S2. The number of benzene rings is 1. The van der Waals surface area contributed by atoms with E-state index in [9.17, 15) is 12.8 Å². The maximum absolute atomic E-state index is 13.7. The number of fused-ring (bicyclic) bond motifs is 1. The Bertz CT molecular complexity index is 1060. The summed E-state index contributed by atoms with van der Waals surface area (Å²) in [5.41, 5.74) is 1.98. The number of halogens is 1. The van der Waals surface area contributed by atoms with Crippen LogP contribution in [0.25, 0.3) is 4.96 Å². The van der Waals surface area contributed by atoms with Crippen LogP contribution in [0.1, 0.15) is 23.7 Å². The van der Waals surface area contributed by atoms with Crippen LogP contribution in [0.3, 0.4) is 0 Å². The summed E-state index contributed by atoms with van der Waals surface area (Å²) < 4.78 is 38.9. The number of thiazole rings is 1. The van der Waals surface area contributed by atoms with Crippen molar-refractivity contribution in [3.8, 4) is 0 Å². The molecule has 0 unspecified atom stereocenters. The molecule has 0 aliphatic carbocycles. The van der Waals surface area contributed by atoms with Gasteiger partial charge in [0.1, 0.15) is 5.82 Å². The van der Waals surface area contributed by atoms with Crippen LogP contribution >= 0.6 is 11.3 Å². The van der Waals surface area contributed by atoms with Gasteiger partial charge in [0.25, 0.3) is 0 Å². The van der Waals surface area contributed by atoms with E-state index in [1.807, 2.05) is 29.1 Å². The Balaban J connectivity index is 1.73. The lowest BCUT2D eigenvalue weighted by atomic mass is 10.1. The van der Waals surface area contributed by atoms with Crippen LogP contribution in [-0.2, 0) is 28.7 Å². The summed E-state index contributed by atoms with van der Waals surface area (Å²) >= 11 is 1.56. The fourth-order valence-electron chi connectivity index (χ4n) is 2.71. The third kappa shape index (κ3) is 5.52. The van der Waals surface area contributed by atoms with Crippen LogP contribution in [0.4, 0.5) is 4.39 Å². The molecule has 7 nitrogen and oxygen atoms in total. The predicted molar refractivity (Wildman–Crippen MR) is 110 cm³/mol. The smallest absolute Gasteiger partial charge is 0.193 e. The van der Waals surface area contributed by atoms with Crippen molar-refractivity contribution in [2.45, 2.75) is 25.8 Å². The molecule has 0 bridgehead atoms. The second-order valence-corrected chi connectivity index (χ2v) is 9.37. The van der Waals surface area contributed by atoms with Crippen LogP contribution < -0.4 is 10.6 Å². The number of sulfone groups is 1. The normalized spacial score (nSPS) is 12.5. The quantitative estimate of drug-likeness (QED) is 0.450. The van der Waals surface area contributed by atoms with Gasteiger partial charge in [0.05, 0.1) is 24.5 Å². The van der Waals surface area contributed by atoms with Crippen molar-refractivity contribution in [2.75, 3.05) is 12.8 Å². The monoisotopic (exact) mass is 423 g/mol. The highest BCUT2D eigenvalue weighted by atomic mass is 32.2. The van der Waals surface area contributed by atoms with Crippen molar-refractivity contribution in [3.63, 3.8) is 0 Å². The van der Waals surface area contributed by atoms with Gasteiger partial charge >= 0.3 is 0 Å². The SMILES string of the molecule is CCNC(=NCc1cc(F)ccc1CS(C)(=O)=O)NCc1cn2ccsc2n1. The number of aromatic nitrogens is 2. The summed E-state index contributed by atoms with van der Waals surface area (Å²) in [6, 6.07) is 4.10. The van der Waals surface area contributed by atoms with Gasteiger partial charge in [-0.25, -0.2) is 22.8 Å². The molecule has 2 aromatic heterocycles. The highest BCUT2D eigenvalue weighted by Gasteiger charge is 2.11. The lowest BCUT2D eigenvalue weighted by Gasteiger charge is -2.12. The van der Waals surface area contributed by atoms with Crippen LogP contribution in [0.5, 0.6) is 0 Å². The zero-order chi connectivity index (χ0) is 20.1.